The number of rotatable bonds is 3. The summed E-state index contributed by atoms with van der Waals surface area (Å²) in [5.74, 6) is 2.72. The molecule has 0 radical (unpaired) electrons. The fraction of sp³-hybridized carbons (Fsp3) is 0.500. The molecule has 0 bridgehead atoms. The molecule has 0 atom stereocenters. The van der Waals surface area contributed by atoms with Crippen molar-refractivity contribution in [1.82, 2.24) is 20.3 Å². The second-order valence-corrected chi connectivity index (χ2v) is 4.85. The molecule has 17 heavy (non-hydrogen) atoms. The molecule has 1 aliphatic rings. The monoisotopic (exact) mass is 231 g/mol. The van der Waals surface area contributed by atoms with Crippen LogP contribution in [-0.4, -0.2) is 42.1 Å². The van der Waals surface area contributed by atoms with Crippen LogP contribution in [0.2, 0.25) is 0 Å². The summed E-state index contributed by atoms with van der Waals surface area (Å²) in [7, 11) is 3.98. The average Bonchev–Trinajstić information content (AvgIpc) is 2.64. The molecular formula is C12H17N5. The van der Waals surface area contributed by atoms with Crippen molar-refractivity contribution >= 4 is 17.0 Å². The number of H-pyrrole nitrogens is 1. The molecule has 2 aromatic heterocycles. The summed E-state index contributed by atoms with van der Waals surface area (Å²) in [5, 5.41) is 3.28. The molecule has 5 nitrogen and oxygen atoms in total. The first-order valence-electron chi connectivity index (χ1n) is 5.96. The third kappa shape index (κ3) is 1.98. The smallest absolute Gasteiger partial charge is 0.179 e. The van der Waals surface area contributed by atoms with Crippen LogP contribution in [0.1, 0.15) is 5.82 Å². The number of nitrogens with one attached hydrogen (secondary N) is 2. The summed E-state index contributed by atoms with van der Waals surface area (Å²) in [6.45, 7) is 2.21. The number of fused-ring (bicyclic) bond motifs is 1. The molecule has 1 saturated heterocycles. The molecule has 0 spiro atoms. The molecule has 0 aromatic carbocycles. The number of pyridine rings is 1. The lowest BCUT2D eigenvalue weighted by molar-refractivity contribution is 0.342. The van der Waals surface area contributed by atoms with Crippen molar-refractivity contribution in [2.24, 2.45) is 5.92 Å². The molecule has 3 heterocycles. The number of anilines is 1. The van der Waals surface area contributed by atoms with Crippen LogP contribution in [0.4, 0.5) is 5.82 Å². The number of hydrogen-bond acceptors (Lipinski definition) is 4. The molecule has 0 unspecified atom stereocenters. The van der Waals surface area contributed by atoms with Crippen LogP contribution >= 0.6 is 0 Å². The molecule has 0 saturated carbocycles. The first kappa shape index (κ1) is 10.5. The Morgan fingerprint density at radius 2 is 2.12 bits per heavy atom. The highest BCUT2D eigenvalue weighted by molar-refractivity contribution is 5.73. The first-order chi connectivity index (χ1) is 8.22. The predicted octanol–water partition coefficient (Wildman–Crippen LogP) is 0.786. The minimum atomic E-state index is 0.726. The molecule has 0 aliphatic carbocycles. The van der Waals surface area contributed by atoms with E-state index < -0.39 is 0 Å². The zero-order chi connectivity index (χ0) is 11.8. The Bertz CT molecular complexity index is 527. The molecule has 5 heteroatoms. The van der Waals surface area contributed by atoms with E-state index in [4.69, 9.17) is 0 Å². The molecule has 1 aliphatic heterocycles. The summed E-state index contributed by atoms with van der Waals surface area (Å²) < 4.78 is 0. The molecule has 90 valence electrons. The van der Waals surface area contributed by atoms with Gasteiger partial charge in [-0.25, -0.2) is 9.97 Å². The van der Waals surface area contributed by atoms with E-state index in [-0.39, 0.29) is 0 Å². The van der Waals surface area contributed by atoms with E-state index in [0.717, 1.165) is 48.2 Å². The molecule has 0 amide bonds. The molecule has 3 rings (SSSR count). The Labute approximate surface area is 100 Å². The number of hydrogen-bond donors (Lipinski definition) is 2. The Balaban J connectivity index is 1.89. The van der Waals surface area contributed by atoms with Crippen molar-refractivity contribution in [1.29, 1.82) is 0 Å². The number of aromatic nitrogens is 3. The van der Waals surface area contributed by atoms with Gasteiger partial charge in [-0.15, -0.1) is 0 Å². The maximum Gasteiger partial charge on any atom is 0.179 e. The van der Waals surface area contributed by atoms with Crippen LogP contribution in [-0.2, 0) is 6.42 Å². The van der Waals surface area contributed by atoms with Crippen molar-refractivity contribution in [2.75, 3.05) is 32.1 Å². The maximum absolute atomic E-state index is 4.56. The van der Waals surface area contributed by atoms with Gasteiger partial charge in [-0.2, -0.15) is 0 Å². The summed E-state index contributed by atoms with van der Waals surface area (Å²) in [6.07, 6.45) is 1.01. The van der Waals surface area contributed by atoms with E-state index in [1.807, 2.05) is 31.1 Å². The lowest BCUT2D eigenvalue weighted by Gasteiger charge is -2.25. The normalized spacial score (nSPS) is 16.1. The second-order valence-electron chi connectivity index (χ2n) is 4.85. The zero-order valence-electron chi connectivity index (χ0n) is 10.2. The fourth-order valence-corrected chi connectivity index (χ4v) is 2.04. The van der Waals surface area contributed by atoms with Crippen molar-refractivity contribution < 1.29 is 0 Å². The Kier molecular flexibility index (Phi) is 2.48. The lowest BCUT2D eigenvalue weighted by atomic mass is 9.99. The Hall–Kier alpha value is -1.62. The van der Waals surface area contributed by atoms with Crippen LogP contribution in [0, 0.1) is 5.92 Å². The van der Waals surface area contributed by atoms with Gasteiger partial charge in [0.05, 0.1) is 5.52 Å². The second kappa shape index (κ2) is 4.00. The van der Waals surface area contributed by atoms with Gasteiger partial charge in [-0.1, -0.05) is 0 Å². The largest absolute Gasteiger partial charge is 0.363 e. The van der Waals surface area contributed by atoms with Crippen LogP contribution in [0.15, 0.2) is 12.1 Å². The molecule has 2 aromatic rings. The standard InChI is InChI=1S/C12H17N5/c1-17(2)11-4-3-9-12(16-11)15-10(14-9)5-8-6-13-7-8/h3-4,8,13H,5-7H2,1-2H3,(H,14,15,16). The van der Waals surface area contributed by atoms with E-state index in [1.165, 1.54) is 0 Å². The average molecular weight is 231 g/mol. The Morgan fingerprint density at radius 1 is 1.29 bits per heavy atom. The summed E-state index contributed by atoms with van der Waals surface area (Å²) in [6, 6.07) is 4.06. The summed E-state index contributed by atoms with van der Waals surface area (Å²) in [4.78, 5) is 14.4. The van der Waals surface area contributed by atoms with Crippen molar-refractivity contribution in [2.45, 2.75) is 6.42 Å². The third-order valence-electron chi connectivity index (χ3n) is 3.19. The van der Waals surface area contributed by atoms with E-state index in [2.05, 4.69) is 20.3 Å². The quantitative estimate of drug-likeness (QED) is 0.820. The zero-order valence-corrected chi connectivity index (χ0v) is 10.2. The van der Waals surface area contributed by atoms with Gasteiger partial charge in [-0.3, -0.25) is 0 Å². The third-order valence-corrected chi connectivity index (χ3v) is 3.19. The minimum absolute atomic E-state index is 0.726. The highest BCUT2D eigenvalue weighted by Gasteiger charge is 2.18. The molecular weight excluding hydrogens is 214 g/mol. The van der Waals surface area contributed by atoms with Crippen LogP contribution in [0.25, 0.3) is 11.2 Å². The van der Waals surface area contributed by atoms with E-state index >= 15 is 0 Å². The van der Waals surface area contributed by atoms with Gasteiger partial charge >= 0.3 is 0 Å². The molecule has 2 N–H and O–H groups in total. The highest BCUT2D eigenvalue weighted by Crippen LogP contribution is 2.17. The van der Waals surface area contributed by atoms with Gasteiger partial charge < -0.3 is 15.2 Å². The van der Waals surface area contributed by atoms with Gasteiger partial charge in [0.1, 0.15) is 11.6 Å². The lowest BCUT2D eigenvalue weighted by Crippen LogP contribution is -2.43. The summed E-state index contributed by atoms with van der Waals surface area (Å²) >= 11 is 0. The van der Waals surface area contributed by atoms with E-state index in [0.29, 0.717) is 0 Å². The van der Waals surface area contributed by atoms with Gasteiger partial charge in [0, 0.05) is 20.5 Å². The highest BCUT2D eigenvalue weighted by atomic mass is 15.1. The van der Waals surface area contributed by atoms with Gasteiger partial charge in [0.25, 0.3) is 0 Å². The van der Waals surface area contributed by atoms with Crippen LogP contribution in [0.3, 0.4) is 0 Å². The van der Waals surface area contributed by atoms with Crippen LogP contribution < -0.4 is 10.2 Å². The number of nitrogens with zero attached hydrogens (tertiary/aromatic N) is 3. The fourth-order valence-electron chi connectivity index (χ4n) is 2.04. The number of aromatic amines is 1. The van der Waals surface area contributed by atoms with Gasteiger partial charge in [-0.05, 0) is 31.1 Å². The predicted molar refractivity (Wildman–Crippen MR) is 68.3 cm³/mol. The van der Waals surface area contributed by atoms with E-state index in [9.17, 15) is 0 Å². The number of imidazole rings is 1. The van der Waals surface area contributed by atoms with Crippen molar-refractivity contribution in [3.8, 4) is 0 Å². The molecule has 1 fully saturated rings. The van der Waals surface area contributed by atoms with Crippen molar-refractivity contribution in [3.05, 3.63) is 18.0 Å². The minimum Gasteiger partial charge on any atom is -0.363 e. The van der Waals surface area contributed by atoms with E-state index in [1.54, 1.807) is 0 Å². The maximum atomic E-state index is 4.56. The van der Waals surface area contributed by atoms with Crippen molar-refractivity contribution in [3.63, 3.8) is 0 Å². The Morgan fingerprint density at radius 3 is 2.76 bits per heavy atom. The van der Waals surface area contributed by atoms with Gasteiger partial charge in [0.2, 0.25) is 0 Å². The summed E-state index contributed by atoms with van der Waals surface area (Å²) in [5.41, 5.74) is 1.84. The van der Waals surface area contributed by atoms with Crippen LogP contribution in [0.5, 0.6) is 0 Å². The van der Waals surface area contributed by atoms with Gasteiger partial charge in [0.15, 0.2) is 5.65 Å². The first-order valence-corrected chi connectivity index (χ1v) is 5.96. The SMILES string of the molecule is CN(C)c1ccc2[nH]c(CC3CNC3)nc2n1. The topological polar surface area (TPSA) is 56.8 Å².